The highest BCUT2D eigenvalue weighted by Gasteiger charge is 2.08. The maximum absolute atomic E-state index is 4.33. The number of H-pyrrole nitrogens is 2. The lowest BCUT2D eigenvalue weighted by Gasteiger charge is -2.04. The molecule has 3 rings (SSSR count). The third-order valence-electron chi connectivity index (χ3n) is 2.96. The summed E-state index contributed by atoms with van der Waals surface area (Å²) in [6.07, 6.45) is 3.69. The number of fused-ring (bicyclic) bond motifs is 1. The van der Waals surface area contributed by atoms with Crippen LogP contribution in [0.2, 0.25) is 0 Å². The molecule has 0 amide bonds. The third-order valence-corrected chi connectivity index (χ3v) is 2.96. The van der Waals surface area contributed by atoms with E-state index in [0.717, 1.165) is 33.8 Å². The van der Waals surface area contributed by atoms with Crippen LogP contribution in [0.3, 0.4) is 0 Å². The molecule has 0 aliphatic heterocycles. The number of rotatable bonds is 2. The quantitative estimate of drug-likeness (QED) is 0.630. The van der Waals surface area contributed by atoms with Gasteiger partial charge >= 0.3 is 0 Å². The lowest BCUT2D eigenvalue weighted by molar-refractivity contribution is 1.05. The molecule has 3 aromatic heterocycles. The van der Waals surface area contributed by atoms with E-state index >= 15 is 0 Å². The van der Waals surface area contributed by atoms with Gasteiger partial charge in [0.25, 0.3) is 0 Å². The Balaban J connectivity index is 2.05. The molecule has 3 N–H and O–H groups in total. The lowest BCUT2D eigenvalue weighted by Crippen LogP contribution is -1.96. The molecule has 17 heavy (non-hydrogen) atoms. The Morgan fingerprint density at radius 1 is 1.18 bits per heavy atom. The minimum Gasteiger partial charge on any atom is -0.358 e. The number of aromatic nitrogens is 4. The highest BCUT2D eigenvalue weighted by molar-refractivity contribution is 5.90. The molecule has 0 aliphatic carbocycles. The summed E-state index contributed by atoms with van der Waals surface area (Å²) in [7, 11) is 0. The Morgan fingerprint density at radius 2 is 2.06 bits per heavy atom. The van der Waals surface area contributed by atoms with Gasteiger partial charge in [-0.1, -0.05) is 0 Å². The van der Waals surface area contributed by atoms with Crippen LogP contribution in [-0.4, -0.2) is 20.2 Å². The highest BCUT2D eigenvalue weighted by atomic mass is 15.2. The molecule has 0 radical (unpaired) electrons. The maximum Gasteiger partial charge on any atom is 0.156 e. The number of aryl methyl sites for hydroxylation is 1. The van der Waals surface area contributed by atoms with E-state index in [1.165, 1.54) is 0 Å². The Morgan fingerprint density at radius 3 is 2.82 bits per heavy atom. The molecule has 5 nitrogen and oxygen atoms in total. The predicted molar refractivity (Wildman–Crippen MR) is 67.4 cm³/mol. The van der Waals surface area contributed by atoms with E-state index in [1.807, 2.05) is 32.2 Å². The van der Waals surface area contributed by atoms with E-state index in [9.17, 15) is 0 Å². The second-order valence-corrected chi connectivity index (χ2v) is 4.05. The summed E-state index contributed by atoms with van der Waals surface area (Å²) in [6, 6.07) is 3.99. The number of hydrogen-bond donors (Lipinski definition) is 3. The van der Waals surface area contributed by atoms with E-state index in [0.29, 0.717) is 0 Å². The predicted octanol–water partition coefficient (Wildman–Crippen LogP) is 2.65. The van der Waals surface area contributed by atoms with Crippen LogP contribution in [-0.2, 0) is 0 Å². The van der Waals surface area contributed by atoms with Crippen LogP contribution in [0.4, 0.5) is 11.6 Å². The van der Waals surface area contributed by atoms with Gasteiger partial charge in [-0.05, 0) is 26.0 Å². The summed E-state index contributed by atoms with van der Waals surface area (Å²) in [5.41, 5.74) is 3.16. The van der Waals surface area contributed by atoms with Crippen molar-refractivity contribution in [2.75, 3.05) is 5.32 Å². The molecule has 0 unspecified atom stereocenters. The van der Waals surface area contributed by atoms with Crippen molar-refractivity contribution >= 4 is 22.5 Å². The van der Waals surface area contributed by atoms with Crippen molar-refractivity contribution in [3.8, 4) is 0 Å². The van der Waals surface area contributed by atoms with Crippen LogP contribution < -0.4 is 5.32 Å². The Labute approximate surface area is 98.3 Å². The first-order chi connectivity index (χ1) is 8.25. The van der Waals surface area contributed by atoms with Gasteiger partial charge in [-0.3, -0.25) is 5.10 Å². The molecule has 86 valence electrons. The van der Waals surface area contributed by atoms with E-state index < -0.39 is 0 Å². The zero-order valence-electron chi connectivity index (χ0n) is 9.70. The van der Waals surface area contributed by atoms with Gasteiger partial charge in [0, 0.05) is 29.0 Å². The van der Waals surface area contributed by atoms with Crippen LogP contribution in [0.1, 0.15) is 11.3 Å². The third kappa shape index (κ3) is 1.56. The fourth-order valence-corrected chi connectivity index (χ4v) is 1.80. The number of anilines is 2. The molecule has 5 heteroatoms. The molecule has 0 atom stereocenters. The number of nitrogens with one attached hydrogen (secondary N) is 3. The van der Waals surface area contributed by atoms with Crippen LogP contribution in [0.25, 0.3) is 10.9 Å². The van der Waals surface area contributed by atoms with Gasteiger partial charge < -0.3 is 10.3 Å². The van der Waals surface area contributed by atoms with Gasteiger partial charge in [0.05, 0.1) is 5.52 Å². The molecule has 0 bridgehead atoms. The van der Waals surface area contributed by atoms with Crippen LogP contribution in [0, 0.1) is 13.8 Å². The first-order valence-corrected chi connectivity index (χ1v) is 5.46. The normalized spacial score (nSPS) is 10.9. The van der Waals surface area contributed by atoms with Gasteiger partial charge in [0.1, 0.15) is 0 Å². The van der Waals surface area contributed by atoms with Crippen molar-refractivity contribution in [3.05, 3.63) is 35.8 Å². The van der Waals surface area contributed by atoms with Crippen LogP contribution in [0.5, 0.6) is 0 Å². The standard InChI is InChI=1S/C12H13N5/c1-7-8(2)16-17-11(7)15-12-10-9(3-5-13-10)4-6-14-12/h3-6,13H,1-2H3,(H2,14,15,16,17). The van der Waals surface area contributed by atoms with Gasteiger partial charge in [0.15, 0.2) is 11.6 Å². The minimum atomic E-state index is 0.794. The molecule has 0 saturated heterocycles. The van der Waals surface area contributed by atoms with Crippen molar-refractivity contribution in [1.29, 1.82) is 0 Å². The zero-order chi connectivity index (χ0) is 11.8. The fourth-order valence-electron chi connectivity index (χ4n) is 1.80. The fraction of sp³-hybridized carbons (Fsp3) is 0.167. The Bertz CT molecular complexity index is 664. The molecule has 0 saturated carbocycles. The monoisotopic (exact) mass is 227 g/mol. The van der Waals surface area contributed by atoms with Crippen molar-refractivity contribution in [2.24, 2.45) is 0 Å². The van der Waals surface area contributed by atoms with E-state index in [1.54, 1.807) is 6.20 Å². The second-order valence-electron chi connectivity index (χ2n) is 4.05. The smallest absolute Gasteiger partial charge is 0.156 e. The van der Waals surface area contributed by atoms with Gasteiger partial charge in [-0.25, -0.2) is 4.98 Å². The molecule has 0 fully saturated rings. The molecule has 0 aliphatic rings. The van der Waals surface area contributed by atoms with Crippen molar-refractivity contribution < 1.29 is 0 Å². The van der Waals surface area contributed by atoms with Crippen LogP contribution >= 0.6 is 0 Å². The average Bonchev–Trinajstić information content (AvgIpc) is 2.91. The summed E-state index contributed by atoms with van der Waals surface area (Å²) < 4.78 is 0. The van der Waals surface area contributed by atoms with E-state index in [2.05, 4.69) is 25.5 Å². The van der Waals surface area contributed by atoms with Gasteiger partial charge in [-0.2, -0.15) is 5.10 Å². The average molecular weight is 227 g/mol. The number of hydrogen-bond acceptors (Lipinski definition) is 3. The first kappa shape index (κ1) is 9.89. The summed E-state index contributed by atoms with van der Waals surface area (Å²) in [5, 5.41) is 11.5. The van der Waals surface area contributed by atoms with Gasteiger partial charge in [-0.15, -0.1) is 0 Å². The summed E-state index contributed by atoms with van der Waals surface area (Å²) in [6.45, 7) is 4.02. The zero-order valence-corrected chi connectivity index (χ0v) is 9.70. The Hall–Kier alpha value is -2.30. The SMILES string of the molecule is Cc1[nH]nc(Nc2nccc3cc[nH]c23)c1C. The number of pyridine rings is 1. The first-order valence-electron chi connectivity index (χ1n) is 5.46. The maximum atomic E-state index is 4.33. The summed E-state index contributed by atoms with van der Waals surface area (Å²) in [5.74, 6) is 1.61. The molecule has 0 aromatic carbocycles. The molecule has 0 spiro atoms. The van der Waals surface area contributed by atoms with Crippen molar-refractivity contribution in [3.63, 3.8) is 0 Å². The molecular formula is C12H13N5. The van der Waals surface area contributed by atoms with Gasteiger partial charge in [0.2, 0.25) is 0 Å². The topological polar surface area (TPSA) is 69.4 Å². The highest BCUT2D eigenvalue weighted by Crippen LogP contribution is 2.24. The molecule has 3 heterocycles. The number of aromatic amines is 2. The Kier molecular flexibility index (Phi) is 2.11. The van der Waals surface area contributed by atoms with E-state index in [4.69, 9.17) is 0 Å². The minimum absolute atomic E-state index is 0.794. The molecular weight excluding hydrogens is 214 g/mol. The van der Waals surface area contributed by atoms with Crippen LogP contribution in [0.15, 0.2) is 24.5 Å². The molecule has 3 aromatic rings. The van der Waals surface area contributed by atoms with Crippen molar-refractivity contribution in [1.82, 2.24) is 20.2 Å². The summed E-state index contributed by atoms with van der Waals surface area (Å²) in [4.78, 5) is 7.50. The lowest BCUT2D eigenvalue weighted by atomic mass is 10.2. The summed E-state index contributed by atoms with van der Waals surface area (Å²) >= 11 is 0. The van der Waals surface area contributed by atoms with E-state index in [-0.39, 0.29) is 0 Å². The van der Waals surface area contributed by atoms with Crippen molar-refractivity contribution in [2.45, 2.75) is 13.8 Å². The second kappa shape index (κ2) is 3.62. The number of nitrogens with zero attached hydrogens (tertiary/aromatic N) is 2. The largest absolute Gasteiger partial charge is 0.358 e.